The summed E-state index contributed by atoms with van der Waals surface area (Å²) in [6, 6.07) is 0.729. The summed E-state index contributed by atoms with van der Waals surface area (Å²) in [7, 11) is 1.71. The smallest absolute Gasteiger partial charge is 0.0701 e. The number of ether oxygens (including phenoxy) is 3. The maximum Gasteiger partial charge on any atom is 0.0701 e. The molecule has 4 heteroatoms. The standard InChI is InChI=1S/C14H29NO3/c1-16-9-5-10-17-12-13-18-11-8-15-14-6-3-2-4-7-14/h14-15H,2-13H2,1H3. The monoisotopic (exact) mass is 259 g/mol. The van der Waals surface area contributed by atoms with E-state index in [0.717, 1.165) is 38.8 Å². The number of rotatable bonds is 11. The predicted octanol–water partition coefficient (Wildman–Crippen LogP) is 1.98. The van der Waals surface area contributed by atoms with Gasteiger partial charge in [0, 0.05) is 32.9 Å². The first-order valence-corrected chi connectivity index (χ1v) is 7.31. The summed E-state index contributed by atoms with van der Waals surface area (Å²) in [5, 5.41) is 3.56. The van der Waals surface area contributed by atoms with Crippen molar-refractivity contribution in [3.63, 3.8) is 0 Å². The van der Waals surface area contributed by atoms with Gasteiger partial charge in [-0.05, 0) is 19.3 Å². The summed E-state index contributed by atoms with van der Waals surface area (Å²) in [6.07, 6.45) is 7.81. The van der Waals surface area contributed by atoms with Gasteiger partial charge in [-0.2, -0.15) is 0 Å². The van der Waals surface area contributed by atoms with Crippen LogP contribution in [-0.4, -0.2) is 52.7 Å². The van der Waals surface area contributed by atoms with Gasteiger partial charge in [0.15, 0.2) is 0 Å². The SMILES string of the molecule is COCCCOCCOCCNC1CCCCC1. The van der Waals surface area contributed by atoms with Crippen LogP contribution in [-0.2, 0) is 14.2 Å². The van der Waals surface area contributed by atoms with Gasteiger partial charge < -0.3 is 19.5 Å². The maximum absolute atomic E-state index is 5.51. The summed E-state index contributed by atoms with van der Waals surface area (Å²) >= 11 is 0. The quantitative estimate of drug-likeness (QED) is 0.576. The second kappa shape index (κ2) is 11.9. The Labute approximate surface area is 111 Å². The first-order valence-electron chi connectivity index (χ1n) is 7.31. The third-order valence-corrected chi connectivity index (χ3v) is 3.29. The molecule has 1 fully saturated rings. The first kappa shape index (κ1) is 15.9. The lowest BCUT2D eigenvalue weighted by Gasteiger charge is -2.22. The Morgan fingerprint density at radius 2 is 1.61 bits per heavy atom. The Hall–Kier alpha value is -0.160. The van der Waals surface area contributed by atoms with Gasteiger partial charge >= 0.3 is 0 Å². The lowest BCUT2D eigenvalue weighted by molar-refractivity contribution is 0.0401. The lowest BCUT2D eigenvalue weighted by atomic mass is 9.96. The fourth-order valence-electron chi connectivity index (χ4n) is 2.27. The van der Waals surface area contributed by atoms with Crippen LogP contribution in [0.1, 0.15) is 38.5 Å². The molecule has 0 spiro atoms. The molecule has 108 valence electrons. The molecule has 0 aromatic heterocycles. The molecule has 0 aromatic carbocycles. The molecule has 0 radical (unpaired) electrons. The molecule has 0 bridgehead atoms. The van der Waals surface area contributed by atoms with Gasteiger partial charge in [0.25, 0.3) is 0 Å². The van der Waals surface area contributed by atoms with E-state index in [2.05, 4.69) is 5.32 Å². The summed E-state index contributed by atoms with van der Waals surface area (Å²) < 4.78 is 15.9. The summed E-state index contributed by atoms with van der Waals surface area (Å²) in [5.41, 5.74) is 0. The van der Waals surface area contributed by atoms with Gasteiger partial charge in [-0.15, -0.1) is 0 Å². The molecule has 0 heterocycles. The van der Waals surface area contributed by atoms with E-state index in [0.29, 0.717) is 13.2 Å². The van der Waals surface area contributed by atoms with Crippen LogP contribution in [0.4, 0.5) is 0 Å². The summed E-state index contributed by atoms with van der Waals surface area (Å²) in [6.45, 7) is 4.67. The van der Waals surface area contributed by atoms with Gasteiger partial charge in [0.05, 0.1) is 19.8 Å². The van der Waals surface area contributed by atoms with Gasteiger partial charge in [0.2, 0.25) is 0 Å². The van der Waals surface area contributed by atoms with E-state index >= 15 is 0 Å². The van der Waals surface area contributed by atoms with Crippen molar-refractivity contribution in [2.45, 2.75) is 44.6 Å². The maximum atomic E-state index is 5.51. The molecule has 0 atom stereocenters. The molecular formula is C14H29NO3. The molecule has 0 aromatic rings. The van der Waals surface area contributed by atoms with E-state index in [1.807, 2.05) is 0 Å². The van der Waals surface area contributed by atoms with Crippen molar-refractivity contribution >= 4 is 0 Å². The number of hydrogen-bond donors (Lipinski definition) is 1. The summed E-state index contributed by atoms with van der Waals surface area (Å²) in [4.78, 5) is 0. The average Bonchev–Trinajstić information content (AvgIpc) is 2.42. The summed E-state index contributed by atoms with van der Waals surface area (Å²) in [5.74, 6) is 0. The van der Waals surface area contributed by atoms with Crippen molar-refractivity contribution in [3.05, 3.63) is 0 Å². The van der Waals surface area contributed by atoms with Gasteiger partial charge in [-0.25, -0.2) is 0 Å². The molecule has 1 aliphatic rings. The molecule has 0 saturated heterocycles. The highest BCUT2D eigenvalue weighted by molar-refractivity contribution is 4.71. The van der Waals surface area contributed by atoms with Crippen molar-refractivity contribution in [2.24, 2.45) is 0 Å². The zero-order chi connectivity index (χ0) is 12.9. The van der Waals surface area contributed by atoms with Gasteiger partial charge in [-0.3, -0.25) is 0 Å². The number of hydrogen-bond acceptors (Lipinski definition) is 4. The van der Waals surface area contributed by atoms with Crippen LogP contribution >= 0.6 is 0 Å². The molecule has 18 heavy (non-hydrogen) atoms. The van der Waals surface area contributed by atoms with E-state index < -0.39 is 0 Å². The van der Waals surface area contributed by atoms with Crippen LogP contribution in [0.2, 0.25) is 0 Å². The van der Waals surface area contributed by atoms with Crippen molar-refractivity contribution in [1.29, 1.82) is 0 Å². The largest absolute Gasteiger partial charge is 0.385 e. The first-order chi connectivity index (χ1) is 8.93. The fraction of sp³-hybridized carbons (Fsp3) is 1.00. The zero-order valence-corrected chi connectivity index (χ0v) is 11.8. The predicted molar refractivity (Wildman–Crippen MR) is 73.0 cm³/mol. The normalized spacial score (nSPS) is 17.2. The topological polar surface area (TPSA) is 39.7 Å². The minimum absolute atomic E-state index is 0.688. The molecule has 0 aliphatic heterocycles. The van der Waals surface area contributed by atoms with E-state index in [1.165, 1.54) is 32.1 Å². The molecular weight excluding hydrogens is 230 g/mol. The highest BCUT2D eigenvalue weighted by Gasteiger charge is 2.11. The highest BCUT2D eigenvalue weighted by atomic mass is 16.5. The Morgan fingerprint density at radius 3 is 2.33 bits per heavy atom. The van der Waals surface area contributed by atoms with Crippen LogP contribution in [0.15, 0.2) is 0 Å². The average molecular weight is 259 g/mol. The van der Waals surface area contributed by atoms with Crippen LogP contribution < -0.4 is 5.32 Å². The van der Waals surface area contributed by atoms with E-state index in [-0.39, 0.29) is 0 Å². The van der Waals surface area contributed by atoms with Crippen LogP contribution in [0.5, 0.6) is 0 Å². The minimum atomic E-state index is 0.688. The Bertz CT molecular complexity index is 172. The Kier molecular flexibility index (Phi) is 10.5. The Morgan fingerprint density at radius 1 is 0.889 bits per heavy atom. The van der Waals surface area contributed by atoms with Crippen molar-refractivity contribution in [1.82, 2.24) is 5.32 Å². The Balaban J connectivity index is 1.73. The van der Waals surface area contributed by atoms with E-state index in [4.69, 9.17) is 14.2 Å². The van der Waals surface area contributed by atoms with Gasteiger partial charge in [0.1, 0.15) is 0 Å². The molecule has 1 rings (SSSR count). The molecule has 1 N–H and O–H groups in total. The molecule has 4 nitrogen and oxygen atoms in total. The van der Waals surface area contributed by atoms with Crippen LogP contribution in [0.3, 0.4) is 0 Å². The van der Waals surface area contributed by atoms with Crippen LogP contribution in [0, 0.1) is 0 Å². The van der Waals surface area contributed by atoms with Crippen molar-refractivity contribution in [3.8, 4) is 0 Å². The highest BCUT2D eigenvalue weighted by Crippen LogP contribution is 2.16. The molecule has 0 amide bonds. The fourth-order valence-corrected chi connectivity index (χ4v) is 2.27. The minimum Gasteiger partial charge on any atom is -0.385 e. The molecule has 0 unspecified atom stereocenters. The van der Waals surface area contributed by atoms with Crippen LogP contribution in [0.25, 0.3) is 0 Å². The van der Waals surface area contributed by atoms with Crippen molar-refractivity contribution < 1.29 is 14.2 Å². The van der Waals surface area contributed by atoms with E-state index in [1.54, 1.807) is 7.11 Å². The van der Waals surface area contributed by atoms with E-state index in [9.17, 15) is 0 Å². The number of nitrogens with one attached hydrogen (secondary N) is 1. The van der Waals surface area contributed by atoms with Gasteiger partial charge in [-0.1, -0.05) is 19.3 Å². The molecule has 1 aliphatic carbocycles. The third-order valence-electron chi connectivity index (χ3n) is 3.29. The van der Waals surface area contributed by atoms with Crippen molar-refractivity contribution in [2.75, 3.05) is 46.7 Å². The zero-order valence-electron chi connectivity index (χ0n) is 11.8. The second-order valence-electron chi connectivity index (χ2n) is 4.86. The second-order valence-corrected chi connectivity index (χ2v) is 4.86. The lowest BCUT2D eigenvalue weighted by Crippen LogP contribution is -2.33. The number of methoxy groups -OCH3 is 1. The molecule has 1 saturated carbocycles. The third kappa shape index (κ3) is 8.86.